The lowest BCUT2D eigenvalue weighted by atomic mass is 10.2. The SMILES string of the molecule is COc1ccccc1CNC(=O)COC(=O)c1cc(Cl)cc(Cl)c1. The molecular weight excluding hydrogens is 353 g/mol. The van der Waals surface area contributed by atoms with Gasteiger partial charge in [0.15, 0.2) is 6.61 Å². The first-order valence-electron chi connectivity index (χ1n) is 7.01. The zero-order valence-electron chi connectivity index (χ0n) is 12.8. The van der Waals surface area contributed by atoms with Crippen LogP contribution in [0, 0.1) is 0 Å². The molecule has 0 bridgehead atoms. The van der Waals surface area contributed by atoms with Gasteiger partial charge in [-0.3, -0.25) is 4.79 Å². The van der Waals surface area contributed by atoms with Crippen LogP contribution in [0.15, 0.2) is 42.5 Å². The molecule has 0 aromatic heterocycles. The number of methoxy groups -OCH3 is 1. The monoisotopic (exact) mass is 367 g/mol. The highest BCUT2D eigenvalue weighted by Crippen LogP contribution is 2.19. The van der Waals surface area contributed by atoms with E-state index in [-0.39, 0.29) is 12.1 Å². The fourth-order valence-electron chi connectivity index (χ4n) is 1.98. The summed E-state index contributed by atoms with van der Waals surface area (Å²) in [6, 6.07) is 11.6. The molecule has 0 saturated carbocycles. The lowest BCUT2D eigenvalue weighted by Gasteiger charge is -2.10. The maximum absolute atomic E-state index is 11.9. The summed E-state index contributed by atoms with van der Waals surface area (Å²) in [6.45, 7) is -0.137. The quantitative estimate of drug-likeness (QED) is 0.793. The zero-order chi connectivity index (χ0) is 17.5. The van der Waals surface area contributed by atoms with Crippen molar-refractivity contribution in [2.75, 3.05) is 13.7 Å². The Bertz CT molecular complexity index is 729. The Morgan fingerprint density at radius 1 is 1.08 bits per heavy atom. The van der Waals surface area contributed by atoms with Crippen molar-refractivity contribution in [3.05, 3.63) is 63.6 Å². The van der Waals surface area contributed by atoms with E-state index >= 15 is 0 Å². The molecule has 0 atom stereocenters. The molecule has 0 aliphatic heterocycles. The first kappa shape index (κ1) is 18.1. The van der Waals surface area contributed by atoms with E-state index in [1.165, 1.54) is 18.2 Å². The Balaban J connectivity index is 1.85. The van der Waals surface area contributed by atoms with Crippen molar-refractivity contribution in [1.29, 1.82) is 0 Å². The van der Waals surface area contributed by atoms with Crippen LogP contribution in [0.2, 0.25) is 10.0 Å². The zero-order valence-corrected chi connectivity index (χ0v) is 14.4. The Kier molecular flexibility index (Phi) is 6.46. The van der Waals surface area contributed by atoms with Gasteiger partial charge in [-0.2, -0.15) is 0 Å². The molecule has 5 nitrogen and oxygen atoms in total. The Morgan fingerprint density at radius 2 is 1.75 bits per heavy atom. The predicted octanol–water partition coefficient (Wildman–Crippen LogP) is 3.48. The minimum atomic E-state index is -0.674. The van der Waals surface area contributed by atoms with Gasteiger partial charge in [0.1, 0.15) is 5.75 Å². The molecule has 0 unspecified atom stereocenters. The number of carbonyl (C=O) groups excluding carboxylic acids is 2. The van der Waals surface area contributed by atoms with E-state index in [1.807, 2.05) is 18.2 Å². The smallest absolute Gasteiger partial charge is 0.338 e. The van der Waals surface area contributed by atoms with Gasteiger partial charge < -0.3 is 14.8 Å². The molecule has 1 amide bonds. The van der Waals surface area contributed by atoms with Gasteiger partial charge >= 0.3 is 5.97 Å². The Labute approximate surface area is 149 Å². The Hall–Kier alpha value is -2.24. The van der Waals surface area contributed by atoms with Crippen LogP contribution in [0.5, 0.6) is 5.75 Å². The number of amides is 1. The summed E-state index contributed by atoms with van der Waals surface area (Å²) in [5.74, 6) is -0.433. The largest absolute Gasteiger partial charge is 0.496 e. The van der Waals surface area contributed by atoms with Crippen molar-refractivity contribution in [1.82, 2.24) is 5.32 Å². The number of nitrogens with one attached hydrogen (secondary N) is 1. The third-order valence-corrected chi connectivity index (χ3v) is 3.54. The topological polar surface area (TPSA) is 64.6 Å². The van der Waals surface area contributed by atoms with Crippen LogP contribution in [-0.2, 0) is 16.1 Å². The van der Waals surface area contributed by atoms with Crippen LogP contribution in [-0.4, -0.2) is 25.6 Å². The third-order valence-electron chi connectivity index (χ3n) is 3.10. The lowest BCUT2D eigenvalue weighted by molar-refractivity contribution is -0.124. The summed E-state index contributed by atoms with van der Waals surface area (Å²) in [5.41, 5.74) is 1.01. The molecule has 24 heavy (non-hydrogen) atoms. The molecule has 7 heteroatoms. The van der Waals surface area contributed by atoms with Crippen molar-refractivity contribution in [3.63, 3.8) is 0 Å². The first-order chi connectivity index (χ1) is 11.5. The van der Waals surface area contributed by atoms with Crippen molar-refractivity contribution in [2.45, 2.75) is 6.54 Å². The molecule has 0 aliphatic carbocycles. The molecule has 0 aliphatic rings. The lowest BCUT2D eigenvalue weighted by Crippen LogP contribution is -2.28. The Morgan fingerprint density at radius 3 is 2.42 bits per heavy atom. The molecule has 0 saturated heterocycles. The number of para-hydroxylation sites is 1. The van der Waals surface area contributed by atoms with Gasteiger partial charge in [0.05, 0.1) is 12.7 Å². The highest BCUT2D eigenvalue weighted by Gasteiger charge is 2.12. The predicted molar refractivity (Wildman–Crippen MR) is 91.6 cm³/mol. The van der Waals surface area contributed by atoms with Gasteiger partial charge in [-0.1, -0.05) is 41.4 Å². The molecule has 0 heterocycles. The minimum absolute atomic E-state index is 0.185. The summed E-state index contributed by atoms with van der Waals surface area (Å²) >= 11 is 11.6. The molecule has 0 radical (unpaired) electrons. The van der Waals surface area contributed by atoms with Gasteiger partial charge in [-0.05, 0) is 24.3 Å². The highest BCUT2D eigenvalue weighted by molar-refractivity contribution is 6.35. The second kappa shape index (κ2) is 8.57. The number of esters is 1. The highest BCUT2D eigenvalue weighted by atomic mass is 35.5. The van der Waals surface area contributed by atoms with Crippen LogP contribution in [0.1, 0.15) is 15.9 Å². The van der Waals surface area contributed by atoms with Gasteiger partial charge in [0, 0.05) is 22.2 Å². The van der Waals surface area contributed by atoms with E-state index in [0.717, 1.165) is 5.56 Å². The molecule has 2 aromatic carbocycles. The van der Waals surface area contributed by atoms with Crippen LogP contribution >= 0.6 is 23.2 Å². The second-order valence-electron chi connectivity index (χ2n) is 4.82. The van der Waals surface area contributed by atoms with Gasteiger partial charge in [0.25, 0.3) is 5.91 Å². The first-order valence-corrected chi connectivity index (χ1v) is 7.77. The van der Waals surface area contributed by atoms with Crippen molar-refractivity contribution in [3.8, 4) is 5.75 Å². The summed E-state index contributed by atoms with van der Waals surface area (Å²) in [7, 11) is 1.55. The summed E-state index contributed by atoms with van der Waals surface area (Å²) in [4.78, 5) is 23.7. The van der Waals surface area contributed by atoms with E-state index in [0.29, 0.717) is 15.8 Å². The van der Waals surface area contributed by atoms with Crippen LogP contribution in [0.25, 0.3) is 0 Å². The van der Waals surface area contributed by atoms with Gasteiger partial charge in [-0.15, -0.1) is 0 Å². The number of ether oxygens (including phenoxy) is 2. The van der Waals surface area contributed by atoms with E-state index in [1.54, 1.807) is 13.2 Å². The molecule has 0 spiro atoms. The fraction of sp³-hybridized carbons (Fsp3) is 0.176. The minimum Gasteiger partial charge on any atom is -0.496 e. The van der Waals surface area contributed by atoms with E-state index in [2.05, 4.69) is 5.32 Å². The number of benzene rings is 2. The summed E-state index contributed by atoms with van der Waals surface area (Å²) in [6.07, 6.45) is 0. The van der Waals surface area contributed by atoms with Crippen molar-refractivity contribution < 1.29 is 19.1 Å². The number of hydrogen-bond acceptors (Lipinski definition) is 4. The van der Waals surface area contributed by atoms with Crippen LogP contribution < -0.4 is 10.1 Å². The normalized spacial score (nSPS) is 10.1. The van der Waals surface area contributed by atoms with Crippen molar-refractivity contribution >= 4 is 35.1 Å². The number of hydrogen-bond donors (Lipinski definition) is 1. The average Bonchev–Trinajstić information content (AvgIpc) is 2.57. The van der Waals surface area contributed by atoms with E-state index < -0.39 is 18.5 Å². The van der Waals surface area contributed by atoms with Crippen LogP contribution in [0.4, 0.5) is 0 Å². The van der Waals surface area contributed by atoms with Gasteiger partial charge in [-0.25, -0.2) is 4.79 Å². The standard InChI is InChI=1S/C17H15Cl2NO4/c1-23-15-5-3-2-4-11(15)9-20-16(21)10-24-17(22)12-6-13(18)8-14(19)7-12/h2-8H,9-10H2,1H3,(H,20,21). The van der Waals surface area contributed by atoms with E-state index in [4.69, 9.17) is 32.7 Å². The van der Waals surface area contributed by atoms with Gasteiger partial charge in [0.2, 0.25) is 0 Å². The molecular formula is C17H15Cl2NO4. The number of rotatable bonds is 6. The average molecular weight is 368 g/mol. The molecule has 2 rings (SSSR count). The number of halogens is 2. The molecule has 2 aromatic rings. The van der Waals surface area contributed by atoms with Crippen molar-refractivity contribution in [2.24, 2.45) is 0 Å². The maximum atomic E-state index is 11.9. The molecule has 126 valence electrons. The third kappa shape index (κ3) is 5.15. The summed E-state index contributed by atoms with van der Waals surface area (Å²) < 4.78 is 10.1. The molecule has 1 N–H and O–H groups in total. The summed E-state index contributed by atoms with van der Waals surface area (Å²) in [5, 5.41) is 3.28. The van der Waals surface area contributed by atoms with E-state index in [9.17, 15) is 9.59 Å². The fourth-order valence-corrected chi connectivity index (χ4v) is 2.51. The second-order valence-corrected chi connectivity index (χ2v) is 5.70. The van der Waals surface area contributed by atoms with Crippen LogP contribution in [0.3, 0.4) is 0 Å². The maximum Gasteiger partial charge on any atom is 0.338 e. The molecule has 0 fully saturated rings. The number of carbonyl (C=O) groups is 2.